The molecule has 0 unspecified atom stereocenters. The number of rotatable bonds is 10. The Morgan fingerprint density at radius 2 is 1.94 bits per heavy atom. The molecule has 0 atom stereocenters. The van der Waals surface area contributed by atoms with Gasteiger partial charge in [-0.05, 0) is 47.2 Å². The van der Waals surface area contributed by atoms with Gasteiger partial charge in [0.25, 0.3) is 5.91 Å². The molecule has 3 aromatic rings. The quantitative estimate of drug-likeness (QED) is 0.264. The van der Waals surface area contributed by atoms with Crippen molar-refractivity contribution in [2.75, 3.05) is 13.7 Å². The number of nitrogens with zero attached hydrogens (tertiary/aromatic N) is 6. The molecule has 0 radical (unpaired) electrons. The Bertz CT molecular complexity index is 1260. The number of aryl methyl sites for hydroxylation is 1. The Kier molecular flexibility index (Phi) is 7.43. The largest absolute Gasteiger partial charge is 0.496 e. The lowest BCUT2D eigenvalue weighted by molar-refractivity contribution is -0.394. The van der Waals surface area contributed by atoms with Gasteiger partial charge in [-0.2, -0.15) is 9.78 Å². The molecule has 0 saturated carbocycles. The molecular weight excluding hydrogens is 450 g/mol. The van der Waals surface area contributed by atoms with Crippen molar-refractivity contribution in [3.8, 4) is 11.5 Å². The number of carbonyl (C=O) groups excluding carboxylic acids is 1. The Hall–Kier alpha value is -4.88. The standard InChI is InChI=1S/C20H19N7O7/c1-13-3-5-18(16(7-13)26(29)30)34-11-19(28)23-22-9-14-4-6-17(33-2)15(8-14)10-25-12-21-20(24-25)27(31)32/h3-9,12H,10-11H2,1-2H3,(H,23,28). The van der Waals surface area contributed by atoms with Crippen LogP contribution in [0.3, 0.4) is 0 Å². The fourth-order valence-electron chi connectivity index (χ4n) is 2.87. The van der Waals surface area contributed by atoms with Crippen LogP contribution in [0.2, 0.25) is 0 Å². The Morgan fingerprint density at radius 3 is 2.62 bits per heavy atom. The van der Waals surface area contributed by atoms with E-state index in [1.54, 1.807) is 31.2 Å². The molecule has 1 N–H and O–H groups in total. The summed E-state index contributed by atoms with van der Waals surface area (Å²) in [6, 6.07) is 9.47. The van der Waals surface area contributed by atoms with E-state index >= 15 is 0 Å². The second-order valence-corrected chi connectivity index (χ2v) is 6.88. The molecule has 0 aliphatic rings. The first-order chi connectivity index (χ1) is 16.3. The second-order valence-electron chi connectivity index (χ2n) is 6.88. The molecule has 3 rings (SSSR count). The van der Waals surface area contributed by atoms with Crippen molar-refractivity contribution < 1.29 is 24.1 Å². The maximum Gasteiger partial charge on any atom is 0.490 e. The summed E-state index contributed by atoms with van der Waals surface area (Å²) >= 11 is 0. The van der Waals surface area contributed by atoms with Crippen molar-refractivity contribution in [1.82, 2.24) is 20.2 Å². The molecule has 0 saturated heterocycles. The molecule has 0 aliphatic heterocycles. The van der Waals surface area contributed by atoms with Crippen LogP contribution < -0.4 is 14.9 Å². The van der Waals surface area contributed by atoms with Crippen molar-refractivity contribution in [3.05, 3.63) is 79.6 Å². The molecule has 14 nitrogen and oxygen atoms in total. The van der Waals surface area contributed by atoms with Crippen molar-refractivity contribution >= 4 is 23.8 Å². The normalized spacial score (nSPS) is 10.8. The highest BCUT2D eigenvalue weighted by Gasteiger charge is 2.17. The third-order valence-electron chi connectivity index (χ3n) is 4.40. The van der Waals surface area contributed by atoms with Crippen molar-refractivity contribution in [3.63, 3.8) is 0 Å². The molecule has 0 bridgehead atoms. The zero-order valence-corrected chi connectivity index (χ0v) is 18.1. The van der Waals surface area contributed by atoms with Crippen molar-refractivity contribution in [1.29, 1.82) is 0 Å². The number of hydrogen-bond acceptors (Lipinski definition) is 10. The molecule has 0 aliphatic carbocycles. The Labute approximate surface area is 192 Å². The number of aromatic nitrogens is 3. The van der Waals surface area contributed by atoms with Gasteiger partial charge in [-0.15, -0.1) is 0 Å². The molecule has 0 spiro atoms. The first kappa shape index (κ1) is 23.8. The second kappa shape index (κ2) is 10.6. The number of nitrogens with one attached hydrogen (secondary N) is 1. The molecule has 0 fully saturated rings. The lowest BCUT2D eigenvalue weighted by atomic mass is 10.1. The molecule has 1 amide bonds. The third kappa shape index (κ3) is 6.09. The molecule has 14 heteroatoms. The van der Waals surface area contributed by atoms with E-state index in [1.165, 1.54) is 36.5 Å². The Morgan fingerprint density at radius 1 is 1.18 bits per heavy atom. The summed E-state index contributed by atoms with van der Waals surface area (Å²) in [5.41, 5.74) is 3.97. The monoisotopic (exact) mass is 469 g/mol. The van der Waals surface area contributed by atoms with Gasteiger partial charge in [-0.25, -0.2) is 5.43 Å². The number of nitro groups is 2. The van der Waals surface area contributed by atoms with Gasteiger partial charge in [-0.1, -0.05) is 11.1 Å². The first-order valence-electron chi connectivity index (χ1n) is 9.67. The number of benzene rings is 2. The van der Waals surface area contributed by atoms with Crippen LogP contribution in [0.25, 0.3) is 0 Å². The molecule has 176 valence electrons. The number of carbonyl (C=O) groups is 1. The SMILES string of the molecule is COc1ccc(C=NNC(=O)COc2ccc(C)cc2[N+](=O)[O-])cc1Cn1cnc([N+](=O)[O-])n1. The minimum absolute atomic E-state index is 0.0251. The van der Waals surface area contributed by atoms with E-state index in [-0.39, 0.29) is 18.0 Å². The summed E-state index contributed by atoms with van der Waals surface area (Å²) in [7, 11) is 1.48. The summed E-state index contributed by atoms with van der Waals surface area (Å²) in [6.07, 6.45) is 2.61. The summed E-state index contributed by atoms with van der Waals surface area (Å²) < 4.78 is 11.8. The molecule has 34 heavy (non-hydrogen) atoms. The summed E-state index contributed by atoms with van der Waals surface area (Å²) in [6.45, 7) is 1.39. The zero-order chi connectivity index (χ0) is 24.7. The lowest BCUT2D eigenvalue weighted by Crippen LogP contribution is -2.24. The van der Waals surface area contributed by atoms with Crippen LogP contribution in [0, 0.1) is 27.2 Å². The third-order valence-corrected chi connectivity index (χ3v) is 4.40. The van der Waals surface area contributed by atoms with Gasteiger partial charge in [0.2, 0.25) is 6.33 Å². The van der Waals surface area contributed by atoms with E-state index in [2.05, 4.69) is 20.6 Å². The topological polar surface area (TPSA) is 177 Å². The van der Waals surface area contributed by atoms with Crippen LogP contribution in [-0.4, -0.2) is 50.4 Å². The van der Waals surface area contributed by atoms with Crippen LogP contribution in [0.1, 0.15) is 16.7 Å². The van der Waals surface area contributed by atoms with Crippen LogP contribution in [-0.2, 0) is 11.3 Å². The van der Waals surface area contributed by atoms with E-state index < -0.39 is 28.3 Å². The van der Waals surface area contributed by atoms with Crippen LogP contribution in [0.4, 0.5) is 11.6 Å². The van der Waals surface area contributed by atoms with E-state index in [0.29, 0.717) is 22.4 Å². The number of methoxy groups -OCH3 is 1. The zero-order valence-electron chi connectivity index (χ0n) is 18.1. The number of ether oxygens (including phenoxy) is 2. The van der Waals surface area contributed by atoms with Gasteiger partial charge >= 0.3 is 11.6 Å². The summed E-state index contributed by atoms with van der Waals surface area (Å²) in [5, 5.41) is 29.5. The number of nitro benzene ring substituents is 1. The predicted molar refractivity (Wildman–Crippen MR) is 118 cm³/mol. The predicted octanol–water partition coefficient (Wildman–Crippen LogP) is 1.99. The van der Waals surface area contributed by atoms with Crippen LogP contribution >= 0.6 is 0 Å². The van der Waals surface area contributed by atoms with Gasteiger partial charge < -0.3 is 19.6 Å². The average Bonchev–Trinajstić information content (AvgIpc) is 3.27. The number of hydrazone groups is 1. The average molecular weight is 469 g/mol. The highest BCUT2D eigenvalue weighted by molar-refractivity contribution is 5.83. The highest BCUT2D eigenvalue weighted by atomic mass is 16.6. The summed E-state index contributed by atoms with van der Waals surface area (Å²) in [5.74, 6) is -0.636. The summed E-state index contributed by atoms with van der Waals surface area (Å²) in [4.78, 5) is 36.2. The maximum atomic E-state index is 12.0. The molecule has 1 aromatic heterocycles. The van der Waals surface area contributed by atoms with Crippen LogP contribution in [0.15, 0.2) is 47.8 Å². The number of amides is 1. The molecule has 1 heterocycles. The van der Waals surface area contributed by atoms with E-state index in [1.807, 2.05) is 0 Å². The Balaban J connectivity index is 1.62. The van der Waals surface area contributed by atoms with E-state index in [9.17, 15) is 25.0 Å². The van der Waals surface area contributed by atoms with E-state index in [4.69, 9.17) is 9.47 Å². The molecule has 2 aromatic carbocycles. The smallest absolute Gasteiger partial charge is 0.490 e. The van der Waals surface area contributed by atoms with Gasteiger partial charge in [0, 0.05) is 16.7 Å². The van der Waals surface area contributed by atoms with Gasteiger partial charge in [0.05, 0.1) is 24.8 Å². The fraction of sp³-hybridized carbons (Fsp3) is 0.200. The number of hydrogen-bond donors (Lipinski definition) is 1. The maximum absolute atomic E-state index is 12.0. The van der Waals surface area contributed by atoms with Crippen LogP contribution in [0.5, 0.6) is 11.5 Å². The van der Waals surface area contributed by atoms with Gasteiger partial charge in [0.15, 0.2) is 12.4 Å². The first-order valence-corrected chi connectivity index (χ1v) is 9.67. The molecular formula is C20H19N7O7. The van der Waals surface area contributed by atoms with Gasteiger partial charge in [0.1, 0.15) is 5.75 Å². The lowest BCUT2D eigenvalue weighted by Gasteiger charge is -2.08. The highest BCUT2D eigenvalue weighted by Crippen LogP contribution is 2.27. The minimum atomic E-state index is -0.694. The minimum Gasteiger partial charge on any atom is -0.496 e. The van der Waals surface area contributed by atoms with E-state index in [0.717, 1.165) is 0 Å². The fourth-order valence-corrected chi connectivity index (χ4v) is 2.87. The van der Waals surface area contributed by atoms with Gasteiger partial charge in [-0.3, -0.25) is 14.9 Å². The van der Waals surface area contributed by atoms with Crippen molar-refractivity contribution in [2.24, 2.45) is 5.10 Å². The van der Waals surface area contributed by atoms with Crippen molar-refractivity contribution in [2.45, 2.75) is 13.5 Å².